The number of nitrogens with one attached hydrogen (secondary N) is 1. The van der Waals surface area contributed by atoms with Crippen LogP contribution in [0.4, 0.5) is 0 Å². The van der Waals surface area contributed by atoms with E-state index in [2.05, 4.69) is 5.32 Å². The van der Waals surface area contributed by atoms with Crippen molar-refractivity contribution < 1.29 is 0 Å². The summed E-state index contributed by atoms with van der Waals surface area (Å²) >= 11 is 0. The molecule has 0 aromatic rings. The Hall–Kier alpha value is -0.655. The van der Waals surface area contributed by atoms with Gasteiger partial charge >= 0.3 is 0 Å². The van der Waals surface area contributed by atoms with Gasteiger partial charge in [0.25, 0.3) is 0 Å². The molecule has 0 aliphatic carbocycles. The average Bonchev–Trinajstić information content (AvgIpc) is 1.66. The first kappa shape index (κ1) is 7.34. The van der Waals surface area contributed by atoms with Crippen molar-refractivity contribution in [3.8, 4) is 0 Å². The van der Waals surface area contributed by atoms with E-state index in [1.54, 1.807) is 0 Å². The largest absolute Gasteiger partial charge is 0.394 e. The van der Waals surface area contributed by atoms with E-state index in [0.717, 1.165) is 5.47 Å². The van der Waals surface area contributed by atoms with Crippen LogP contribution in [0.2, 0.25) is 0 Å². The molecule has 0 saturated heterocycles. The highest BCUT2D eigenvalue weighted by atomic mass is 14.8. The molecular formula is C6H10BN. The summed E-state index contributed by atoms with van der Waals surface area (Å²) in [4.78, 5) is 0. The van der Waals surface area contributed by atoms with Crippen LogP contribution in [0, 0.1) is 0 Å². The molecule has 0 atom stereocenters. The zero-order chi connectivity index (χ0) is 6.41. The lowest BCUT2D eigenvalue weighted by Crippen LogP contribution is -1.89. The van der Waals surface area contributed by atoms with Gasteiger partial charge in [0, 0.05) is 7.05 Å². The quantitative estimate of drug-likeness (QED) is 0.406. The van der Waals surface area contributed by atoms with Crippen molar-refractivity contribution in [1.29, 1.82) is 0 Å². The molecule has 0 unspecified atom stereocenters. The monoisotopic (exact) mass is 107 g/mol. The summed E-state index contributed by atoms with van der Waals surface area (Å²) in [5.41, 5.74) is 0.816. The SMILES string of the molecule is [B]/C(C)=C\C=C/NC. The van der Waals surface area contributed by atoms with Crippen molar-refractivity contribution in [2.24, 2.45) is 0 Å². The lowest BCUT2D eigenvalue weighted by Gasteiger charge is -1.82. The Morgan fingerprint density at radius 3 is 2.62 bits per heavy atom. The van der Waals surface area contributed by atoms with E-state index in [-0.39, 0.29) is 0 Å². The van der Waals surface area contributed by atoms with E-state index < -0.39 is 0 Å². The van der Waals surface area contributed by atoms with Crippen LogP contribution < -0.4 is 5.32 Å². The molecule has 0 amide bonds. The average molecular weight is 107 g/mol. The summed E-state index contributed by atoms with van der Waals surface area (Å²) in [5, 5.41) is 2.84. The normalized spacial score (nSPS) is 12.5. The molecule has 1 N–H and O–H groups in total. The summed E-state index contributed by atoms with van der Waals surface area (Å²) in [6.45, 7) is 1.85. The molecule has 2 heteroatoms. The molecule has 0 aromatic heterocycles. The summed E-state index contributed by atoms with van der Waals surface area (Å²) < 4.78 is 0. The minimum absolute atomic E-state index is 0.816. The van der Waals surface area contributed by atoms with Crippen molar-refractivity contribution in [3.05, 3.63) is 23.8 Å². The summed E-state index contributed by atoms with van der Waals surface area (Å²) in [5.74, 6) is 0. The van der Waals surface area contributed by atoms with Crippen molar-refractivity contribution in [2.75, 3.05) is 7.05 Å². The van der Waals surface area contributed by atoms with Crippen molar-refractivity contribution in [3.63, 3.8) is 0 Å². The Kier molecular flexibility index (Phi) is 4.13. The van der Waals surface area contributed by atoms with E-state index in [9.17, 15) is 0 Å². The maximum Gasteiger partial charge on any atom is 0.107 e. The van der Waals surface area contributed by atoms with E-state index >= 15 is 0 Å². The Morgan fingerprint density at radius 1 is 1.62 bits per heavy atom. The highest BCUT2D eigenvalue weighted by Crippen LogP contribution is 1.81. The second kappa shape index (κ2) is 4.50. The van der Waals surface area contributed by atoms with Gasteiger partial charge in [-0.25, -0.2) is 0 Å². The fraction of sp³-hybridized carbons (Fsp3) is 0.333. The topological polar surface area (TPSA) is 12.0 Å². The highest BCUT2D eigenvalue weighted by Gasteiger charge is 1.67. The molecule has 42 valence electrons. The molecule has 0 saturated carbocycles. The molecule has 0 aliphatic heterocycles. The van der Waals surface area contributed by atoms with E-state index in [4.69, 9.17) is 7.85 Å². The van der Waals surface area contributed by atoms with Crippen LogP contribution in [0.3, 0.4) is 0 Å². The molecule has 0 rings (SSSR count). The minimum Gasteiger partial charge on any atom is -0.394 e. The molecule has 1 nitrogen and oxygen atoms in total. The van der Waals surface area contributed by atoms with E-state index in [1.165, 1.54) is 0 Å². The third-order valence-corrected chi connectivity index (χ3v) is 0.622. The zero-order valence-corrected chi connectivity index (χ0v) is 5.31. The van der Waals surface area contributed by atoms with Gasteiger partial charge < -0.3 is 5.32 Å². The number of hydrogen-bond acceptors (Lipinski definition) is 1. The van der Waals surface area contributed by atoms with Crippen molar-refractivity contribution in [1.82, 2.24) is 5.32 Å². The van der Waals surface area contributed by atoms with Crippen LogP contribution in [-0.2, 0) is 0 Å². The van der Waals surface area contributed by atoms with Crippen molar-refractivity contribution >= 4 is 7.85 Å². The summed E-state index contributed by atoms with van der Waals surface area (Å²) in [6, 6.07) is 0. The number of hydrogen-bond donors (Lipinski definition) is 1. The Balaban J connectivity index is 3.42. The van der Waals surface area contributed by atoms with Gasteiger partial charge in [0.05, 0.1) is 0 Å². The molecule has 0 spiro atoms. The van der Waals surface area contributed by atoms with Crippen LogP contribution in [0.1, 0.15) is 6.92 Å². The van der Waals surface area contributed by atoms with Gasteiger partial charge in [0.15, 0.2) is 0 Å². The first-order valence-corrected chi connectivity index (χ1v) is 2.53. The summed E-state index contributed by atoms with van der Waals surface area (Å²) in [7, 11) is 7.16. The van der Waals surface area contributed by atoms with E-state index in [1.807, 2.05) is 32.3 Å². The smallest absolute Gasteiger partial charge is 0.107 e. The van der Waals surface area contributed by atoms with Gasteiger partial charge in [-0.05, 0) is 12.3 Å². The predicted molar refractivity (Wildman–Crippen MR) is 37.7 cm³/mol. The molecule has 2 radical (unpaired) electrons. The first-order chi connectivity index (χ1) is 3.77. The van der Waals surface area contributed by atoms with Crippen LogP contribution in [0.25, 0.3) is 0 Å². The fourth-order valence-electron chi connectivity index (χ4n) is 0.296. The Bertz CT molecular complexity index is 101. The molecular weight excluding hydrogens is 96.9 g/mol. The summed E-state index contributed by atoms with van der Waals surface area (Å²) in [6.07, 6.45) is 5.50. The first-order valence-electron chi connectivity index (χ1n) is 2.53. The Morgan fingerprint density at radius 2 is 2.25 bits per heavy atom. The molecule has 0 bridgehead atoms. The van der Waals surface area contributed by atoms with Crippen LogP contribution in [0.5, 0.6) is 0 Å². The lowest BCUT2D eigenvalue weighted by atomic mass is 9.98. The third-order valence-electron chi connectivity index (χ3n) is 0.622. The Labute approximate surface area is 51.9 Å². The van der Waals surface area contributed by atoms with Gasteiger partial charge in [0.1, 0.15) is 7.85 Å². The lowest BCUT2D eigenvalue weighted by molar-refractivity contribution is 1.10. The third kappa shape index (κ3) is 5.34. The van der Waals surface area contributed by atoms with Gasteiger partial charge in [-0.2, -0.15) is 0 Å². The fourth-order valence-corrected chi connectivity index (χ4v) is 0.296. The van der Waals surface area contributed by atoms with E-state index in [0.29, 0.717) is 0 Å². The zero-order valence-electron chi connectivity index (χ0n) is 5.31. The molecule has 0 heterocycles. The highest BCUT2D eigenvalue weighted by molar-refractivity contribution is 6.21. The van der Waals surface area contributed by atoms with Gasteiger partial charge in [0.2, 0.25) is 0 Å². The maximum atomic E-state index is 5.32. The maximum absolute atomic E-state index is 5.32. The number of rotatable bonds is 2. The molecule has 8 heavy (non-hydrogen) atoms. The predicted octanol–water partition coefficient (Wildman–Crippen LogP) is 0.792. The van der Waals surface area contributed by atoms with Gasteiger partial charge in [-0.15, -0.1) is 5.47 Å². The van der Waals surface area contributed by atoms with Crippen LogP contribution >= 0.6 is 0 Å². The molecule has 0 aromatic carbocycles. The molecule has 0 fully saturated rings. The molecule has 0 aliphatic rings. The second-order valence-electron chi connectivity index (χ2n) is 1.56. The van der Waals surface area contributed by atoms with Crippen LogP contribution in [0.15, 0.2) is 23.8 Å². The van der Waals surface area contributed by atoms with Gasteiger partial charge in [-0.1, -0.05) is 13.0 Å². The van der Waals surface area contributed by atoms with Gasteiger partial charge in [-0.3, -0.25) is 0 Å². The number of allylic oxidation sites excluding steroid dienone is 3. The van der Waals surface area contributed by atoms with Crippen molar-refractivity contribution in [2.45, 2.75) is 6.92 Å². The minimum atomic E-state index is 0.816. The standard InChI is InChI=1S/C6H10BN/c1-6(7)4-3-5-8-2/h3-5,8H,1-2H3/b5-3-,6-4-. The second-order valence-corrected chi connectivity index (χ2v) is 1.56. The van der Waals surface area contributed by atoms with Crippen LogP contribution in [-0.4, -0.2) is 14.9 Å².